The summed E-state index contributed by atoms with van der Waals surface area (Å²) in [5.41, 5.74) is 1.86. The smallest absolute Gasteiger partial charge is 0.328 e. The number of allylic oxidation sites excluding steroid dienone is 2. The van der Waals surface area contributed by atoms with Crippen molar-refractivity contribution < 1.29 is 19.1 Å². The van der Waals surface area contributed by atoms with Gasteiger partial charge < -0.3 is 20.7 Å². The van der Waals surface area contributed by atoms with Crippen LogP contribution in [0.4, 0.5) is 0 Å². The van der Waals surface area contributed by atoms with Crippen molar-refractivity contribution in [3.05, 3.63) is 60.1 Å². The molecule has 0 aromatic carbocycles. The molecule has 2 rings (SSSR count). The number of hydrogen-bond acceptors (Lipinski definition) is 6. The average molecular weight is 441 g/mol. The molecule has 172 valence electrons. The van der Waals surface area contributed by atoms with Crippen LogP contribution in [0, 0.1) is 5.92 Å². The largest absolute Gasteiger partial charge is 0.464 e. The molecule has 0 fully saturated rings. The summed E-state index contributed by atoms with van der Waals surface area (Å²) < 4.78 is 5.39. The van der Waals surface area contributed by atoms with E-state index in [0.717, 1.165) is 12.8 Å². The number of ether oxygens (including phenoxy) is 1. The van der Waals surface area contributed by atoms with Gasteiger partial charge in [0.1, 0.15) is 6.04 Å². The van der Waals surface area contributed by atoms with Gasteiger partial charge >= 0.3 is 5.97 Å². The maximum absolute atomic E-state index is 12.6. The van der Waals surface area contributed by atoms with Crippen molar-refractivity contribution in [3.63, 3.8) is 0 Å². The van der Waals surface area contributed by atoms with E-state index in [1.165, 1.54) is 0 Å². The summed E-state index contributed by atoms with van der Waals surface area (Å²) in [6.45, 7) is 9.56. The van der Waals surface area contributed by atoms with Crippen LogP contribution in [-0.4, -0.2) is 35.4 Å². The van der Waals surface area contributed by atoms with Gasteiger partial charge in [0.15, 0.2) is 0 Å². The Hall–Kier alpha value is -3.42. The van der Waals surface area contributed by atoms with Crippen molar-refractivity contribution in [1.82, 2.24) is 20.9 Å². The number of hydrogen-bond donors (Lipinski definition) is 3. The molecule has 8 heteroatoms. The number of amides is 2. The molecular weight excluding hydrogens is 408 g/mol. The van der Waals surface area contributed by atoms with Gasteiger partial charge in [-0.15, -0.1) is 0 Å². The zero-order chi connectivity index (χ0) is 23.5. The van der Waals surface area contributed by atoms with Crippen LogP contribution in [0.2, 0.25) is 0 Å². The molecule has 0 saturated carbocycles. The van der Waals surface area contributed by atoms with Crippen LogP contribution in [0.15, 0.2) is 48.7 Å². The van der Waals surface area contributed by atoms with Crippen LogP contribution in [0.3, 0.4) is 0 Å². The van der Waals surface area contributed by atoms with Gasteiger partial charge in [0.05, 0.1) is 35.9 Å². The monoisotopic (exact) mass is 440 g/mol. The maximum atomic E-state index is 12.6. The summed E-state index contributed by atoms with van der Waals surface area (Å²) >= 11 is 0. The number of cyclic esters (lactones) is 1. The minimum atomic E-state index is -0.862. The Labute approximate surface area is 189 Å². The molecule has 1 aromatic rings. The molecule has 1 aliphatic rings. The van der Waals surface area contributed by atoms with Crippen LogP contribution >= 0.6 is 0 Å². The van der Waals surface area contributed by atoms with E-state index in [0.29, 0.717) is 17.1 Å². The highest BCUT2D eigenvalue weighted by Crippen LogP contribution is 2.12. The molecule has 32 heavy (non-hydrogen) atoms. The number of carbonyl (C=O) groups is 3. The molecule has 1 unspecified atom stereocenters. The molecule has 0 saturated heterocycles. The summed E-state index contributed by atoms with van der Waals surface area (Å²) in [5, 5.41) is 8.43. The first kappa shape index (κ1) is 24.8. The zero-order valence-electron chi connectivity index (χ0n) is 18.9. The Morgan fingerprint density at radius 1 is 1.28 bits per heavy atom. The van der Waals surface area contributed by atoms with E-state index in [1.54, 1.807) is 32.1 Å². The van der Waals surface area contributed by atoms with Gasteiger partial charge in [-0.25, -0.2) is 9.78 Å². The zero-order valence-corrected chi connectivity index (χ0v) is 18.9. The first-order valence-electron chi connectivity index (χ1n) is 10.8. The van der Waals surface area contributed by atoms with Gasteiger partial charge in [0.2, 0.25) is 5.91 Å². The van der Waals surface area contributed by atoms with E-state index in [-0.39, 0.29) is 37.1 Å². The van der Waals surface area contributed by atoms with E-state index in [9.17, 15) is 14.4 Å². The number of aromatic nitrogens is 1. The second kappa shape index (κ2) is 12.4. The van der Waals surface area contributed by atoms with Gasteiger partial charge in [0, 0.05) is 12.3 Å². The second-order valence-electron chi connectivity index (χ2n) is 7.60. The Morgan fingerprint density at radius 3 is 2.78 bits per heavy atom. The highest BCUT2D eigenvalue weighted by atomic mass is 16.5. The topological polar surface area (TPSA) is 109 Å². The lowest BCUT2D eigenvalue weighted by atomic mass is 10.0. The third-order valence-electron chi connectivity index (χ3n) is 4.85. The number of unbranched alkanes of at least 4 members (excludes halogenated alkanes) is 1. The van der Waals surface area contributed by atoms with Crippen molar-refractivity contribution in [3.8, 4) is 0 Å². The summed E-state index contributed by atoms with van der Waals surface area (Å²) in [6, 6.07) is 4.51. The molecule has 0 aliphatic carbocycles. The Kier molecular flexibility index (Phi) is 9.66. The Morgan fingerprint density at radius 2 is 2.06 bits per heavy atom. The van der Waals surface area contributed by atoms with E-state index < -0.39 is 17.9 Å². The molecule has 8 nitrogen and oxygen atoms in total. The molecular formula is C24H32N4O4. The fourth-order valence-corrected chi connectivity index (χ4v) is 3.02. The minimum absolute atomic E-state index is 0.0476. The van der Waals surface area contributed by atoms with Crippen LogP contribution in [0.25, 0.3) is 5.70 Å². The normalized spacial score (nSPS) is 22.7. The molecule has 2 amide bonds. The molecule has 0 spiro atoms. The van der Waals surface area contributed by atoms with E-state index in [4.69, 9.17) is 4.74 Å². The predicted octanol–water partition coefficient (Wildman–Crippen LogP) is 2.59. The van der Waals surface area contributed by atoms with E-state index >= 15 is 0 Å². The van der Waals surface area contributed by atoms with E-state index in [1.807, 2.05) is 18.2 Å². The number of fused-ring (bicyclic) bond motifs is 2. The van der Waals surface area contributed by atoms with Crippen LogP contribution < -0.4 is 16.0 Å². The van der Waals surface area contributed by atoms with Crippen molar-refractivity contribution >= 4 is 23.5 Å². The van der Waals surface area contributed by atoms with Gasteiger partial charge in [-0.2, -0.15) is 0 Å². The molecule has 1 aliphatic heterocycles. The van der Waals surface area contributed by atoms with Gasteiger partial charge in [0.25, 0.3) is 5.91 Å². The molecule has 3 N–H and O–H groups in total. The highest BCUT2D eigenvalue weighted by molar-refractivity contribution is 5.96. The number of esters is 1. The lowest BCUT2D eigenvalue weighted by Crippen LogP contribution is -2.42. The molecule has 1 aromatic heterocycles. The maximum Gasteiger partial charge on any atom is 0.328 e. The van der Waals surface area contributed by atoms with Gasteiger partial charge in [-0.3, -0.25) is 9.59 Å². The SMILES string of the molecule is C=C1N/C(=C\C)C(=O)N[C@@H](C)C(=O)OCC(/C=C/CCC)CC(=O)NCc2cccc1n2. The summed E-state index contributed by atoms with van der Waals surface area (Å²) in [5.74, 6) is -1.47. The van der Waals surface area contributed by atoms with Gasteiger partial charge in [-0.05, 0) is 32.4 Å². The van der Waals surface area contributed by atoms with Crippen molar-refractivity contribution in [2.75, 3.05) is 6.61 Å². The molecule has 0 radical (unpaired) electrons. The van der Waals surface area contributed by atoms with Crippen molar-refractivity contribution in [2.45, 2.75) is 52.6 Å². The highest BCUT2D eigenvalue weighted by Gasteiger charge is 2.22. The average Bonchev–Trinajstić information content (AvgIpc) is 2.78. The first-order chi connectivity index (χ1) is 15.3. The lowest BCUT2D eigenvalue weighted by molar-refractivity contribution is -0.148. The van der Waals surface area contributed by atoms with Crippen LogP contribution in [0.1, 0.15) is 51.4 Å². The Balaban J connectivity index is 2.28. The molecule has 2 bridgehead atoms. The summed E-state index contributed by atoms with van der Waals surface area (Å²) in [4.78, 5) is 42.0. The summed E-state index contributed by atoms with van der Waals surface area (Å²) in [7, 11) is 0. The fourth-order valence-electron chi connectivity index (χ4n) is 3.02. The van der Waals surface area contributed by atoms with Crippen LogP contribution in [0.5, 0.6) is 0 Å². The second-order valence-corrected chi connectivity index (χ2v) is 7.60. The standard InChI is InChI=1S/C24H32N4O4/c1-5-7-8-10-18-13-22(29)25-14-19-11-9-12-21(28-19)16(3)26-20(6-2)23(30)27-17(4)24(31)32-15-18/h6,8-12,17-18,26H,3,5,7,13-15H2,1-2,4H3,(H,25,29)(H,27,30)/b10-8+,20-6-/t17-,18?/m0/s1. The first-order valence-corrected chi connectivity index (χ1v) is 10.8. The minimum Gasteiger partial charge on any atom is -0.464 e. The lowest BCUT2D eigenvalue weighted by Gasteiger charge is -2.18. The van der Waals surface area contributed by atoms with Gasteiger partial charge in [-0.1, -0.05) is 44.2 Å². The number of nitrogens with one attached hydrogen (secondary N) is 3. The molecule has 2 atom stereocenters. The van der Waals surface area contributed by atoms with Crippen molar-refractivity contribution in [2.24, 2.45) is 5.92 Å². The Bertz CT molecular complexity index is 907. The number of rotatable bonds is 3. The predicted molar refractivity (Wildman–Crippen MR) is 123 cm³/mol. The molecule has 2 heterocycles. The third-order valence-corrected chi connectivity index (χ3v) is 4.85. The van der Waals surface area contributed by atoms with Crippen LogP contribution in [-0.2, 0) is 25.7 Å². The fraction of sp³-hybridized carbons (Fsp3) is 0.417. The van der Waals surface area contributed by atoms with Crippen molar-refractivity contribution in [1.29, 1.82) is 0 Å². The third kappa shape index (κ3) is 7.68. The number of nitrogens with zero attached hydrogens (tertiary/aromatic N) is 1. The number of pyridine rings is 1. The summed E-state index contributed by atoms with van der Waals surface area (Å²) in [6.07, 6.45) is 7.50. The number of carbonyl (C=O) groups excluding carboxylic acids is 3. The quantitative estimate of drug-likeness (QED) is 0.379. The van der Waals surface area contributed by atoms with E-state index in [2.05, 4.69) is 34.4 Å².